The van der Waals surface area contributed by atoms with Gasteiger partial charge in [-0.05, 0) is 31.2 Å². The van der Waals surface area contributed by atoms with Crippen molar-refractivity contribution >= 4 is 5.78 Å². The van der Waals surface area contributed by atoms with E-state index in [2.05, 4.69) is 0 Å². The first-order valence-electron chi connectivity index (χ1n) is 6.69. The van der Waals surface area contributed by atoms with E-state index in [1.54, 1.807) is 12.1 Å². The first-order valence-corrected chi connectivity index (χ1v) is 6.69. The number of carbonyl (C=O) groups excluding carboxylic acids is 1. The Labute approximate surface area is 113 Å². The Morgan fingerprint density at radius 1 is 1.26 bits per heavy atom. The number of ketones is 1. The lowest BCUT2D eigenvalue weighted by Crippen LogP contribution is -2.27. The predicted molar refractivity (Wildman–Crippen MR) is 73.8 cm³/mol. The zero-order valence-electron chi connectivity index (χ0n) is 11.6. The molecular weight excluding hydrogens is 242 g/mol. The molecule has 0 bridgehead atoms. The van der Waals surface area contributed by atoms with Gasteiger partial charge < -0.3 is 15.2 Å². The summed E-state index contributed by atoms with van der Waals surface area (Å²) >= 11 is 0. The standard InChI is InChI=1S/C15H21NO3/c1-15(2,6-7-16)14(17)11-4-5-12-13(10-11)19-9-3-8-18-12/h4-5,10H,3,6-9,16H2,1-2H3. The number of benzene rings is 1. The summed E-state index contributed by atoms with van der Waals surface area (Å²) in [6.45, 7) is 5.62. The summed E-state index contributed by atoms with van der Waals surface area (Å²) < 4.78 is 11.2. The second-order valence-electron chi connectivity index (χ2n) is 5.46. The second-order valence-corrected chi connectivity index (χ2v) is 5.46. The summed E-state index contributed by atoms with van der Waals surface area (Å²) in [5.41, 5.74) is 5.77. The summed E-state index contributed by atoms with van der Waals surface area (Å²) in [4.78, 5) is 12.5. The maximum absolute atomic E-state index is 12.5. The van der Waals surface area contributed by atoms with Gasteiger partial charge in [-0.15, -0.1) is 0 Å². The van der Waals surface area contributed by atoms with E-state index in [-0.39, 0.29) is 5.78 Å². The number of carbonyl (C=O) groups is 1. The highest BCUT2D eigenvalue weighted by Gasteiger charge is 2.28. The van der Waals surface area contributed by atoms with E-state index in [9.17, 15) is 4.79 Å². The monoisotopic (exact) mass is 263 g/mol. The number of rotatable bonds is 4. The van der Waals surface area contributed by atoms with Gasteiger partial charge in [0.05, 0.1) is 13.2 Å². The second kappa shape index (κ2) is 5.61. The zero-order valence-corrected chi connectivity index (χ0v) is 11.6. The summed E-state index contributed by atoms with van der Waals surface area (Å²) in [5, 5.41) is 0. The molecule has 4 nitrogen and oxygen atoms in total. The lowest BCUT2D eigenvalue weighted by molar-refractivity contribution is 0.0829. The van der Waals surface area contributed by atoms with E-state index in [0.717, 1.165) is 6.42 Å². The zero-order chi connectivity index (χ0) is 13.9. The van der Waals surface area contributed by atoms with Crippen LogP contribution in [0.4, 0.5) is 0 Å². The highest BCUT2D eigenvalue weighted by molar-refractivity contribution is 6.00. The molecule has 1 aliphatic heterocycles. The molecule has 2 rings (SSSR count). The minimum atomic E-state index is -0.450. The Morgan fingerprint density at radius 3 is 2.63 bits per heavy atom. The molecule has 4 heteroatoms. The van der Waals surface area contributed by atoms with Gasteiger partial charge >= 0.3 is 0 Å². The van der Waals surface area contributed by atoms with Crippen molar-refractivity contribution in [2.24, 2.45) is 11.1 Å². The number of Topliss-reactive ketones (excluding diaryl/α,β-unsaturated/α-hetero) is 1. The molecule has 0 saturated carbocycles. The number of ether oxygens (including phenoxy) is 2. The number of hydrogen-bond acceptors (Lipinski definition) is 4. The third kappa shape index (κ3) is 3.07. The maximum Gasteiger partial charge on any atom is 0.168 e. The molecule has 1 aromatic carbocycles. The molecule has 1 aromatic rings. The molecule has 104 valence electrons. The Hall–Kier alpha value is -1.55. The van der Waals surface area contributed by atoms with Crippen molar-refractivity contribution in [3.8, 4) is 11.5 Å². The maximum atomic E-state index is 12.5. The summed E-state index contributed by atoms with van der Waals surface area (Å²) in [6, 6.07) is 5.39. The quantitative estimate of drug-likeness (QED) is 0.847. The molecule has 0 aliphatic carbocycles. The van der Waals surface area contributed by atoms with Crippen molar-refractivity contribution in [1.82, 2.24) is 0 Å². The van der Waals surface area contributed by atoms with E-state index >= 15 is 0 Å². The van der Waals surface area contributed by atoms with E-state index in [4.69, 9.17) is 15.2 Å². The summed E-state index contributed by atoms with van der Waals surface area (Å²) in [7, 11) is 0. The normalized spacial score (nSPS) is 14.9. The van der Waals surface area contributed by atoms with Gasteiger partial charge in [0.15, 0.2) is 17.3 Å². The van der Waals surface area contributed by atoms with Crippen molar-refractivity contribution < 1.29 is 14.3 Å². The van der Waals surface area contributed by atoms with Crippen LogP contribution in [0.3, 0.4) is 0 Å². The van der Waals surface area contributed by atoms with Crippen molar-refractivity contribution in [1.29, 1.82) is 0 Å². The van der Waals surface area contributed by atoms with Gasteiger partial charge in [-0.1, -0.05) is 13.8 Å². The van der Waals surface area contributed by atoms with Crippen LogP contribution in [-0.2, 0) is 0 Å². The molecular formula is C15H21NO3. The summed E-state index contributed by atoms with van der Waals surface area (Å²) in [5.74, 6) is 1.46. The fourth-order valence-electron chi connectivity index (χ4n) is 2.17. The Balaban J connectivity index is 2.26. The van der Waals surface area contributed by atoms with Crippen LogP contribution in [0.5, 0.6) is 11.5 Å². The molecule has 0 atom stereocenters. The average Bonchev–Trinajstić information content (AvgIpc) is 2.61. The highest BCUT2D eigenvalue weighted by atomic mass is 16.5. The van der Waals surface area contributed by atoms with Crippen LogP contribution in [0.2, 0.25) is 0 Å². The molecule has 0 amide bonds. The van der Waals surface area contributed by atoms with Crippen LogP contribution < -0.4 is 15.2 Å². The van der Waals surface area contributed by atoms with Crippen LogP contribution in [-0.4, -0.2) is 25.5 Å². The molecule has 2 N–H and O–H groups in total. The largest absolute Gasteiger partial charge is 0.490 e. The minimum Gasteiger partial charge on any atom is -0.490 e. The van der Waals surface area contributed by atoms with Crippen molar-refractivity contribution in [3.05, 3.63) is 23.8 Å². The molecule has 0 spiro atoms. The molecule has 0 fully saturated rings. The van der Waals surface area contributed by atoms with E-state index in [1.165, 1.54) is 0 Å². The molecule has 0 radical (unpaired) electrons. The van der Waals surface area contributed by atoms with E-state index in [1.807, 2.05) is 19.9 Å². The molecule has 0 unspecified atom stereocenters. The minimum absolute atomic E-state index is 0.0913. The number of nitrogens with two attached hydrogens (primary N) is 1. The third-order valence-corrected chi connectivity index (χ3v) is 3.39. The van der Waals surface area contributed by atoms with Gasteiger partial charge in [0.1, 0.15) is 0 Å². The fraction of sp³-hybridized carbons (Fsp3) is 0.533. The van der Waals surface area contributed by atoms with Crippen molar-refractivity contribution in [2.75, 3.05) is 19.8 Å². The Kier molecular flexibility index (Phi) is 4.10. The van der Waals surface area contributed by atoms with Gasteiger partial charge in [-0.3, -0.25) is 4.79 Å². The lowest BCUT2D eigenvalue weighted by atomic mass is 9.81. The topological polar surface area (TPSA) is 61.6 Å². The molecule has 0 saturated heterocycles. The van der Waals surface area contributed by atoms with Gasteiger partial charge in [-0.2, -0.15) is 0 Å². The lowest BCUT2D eigenvalue weighted by Gasteiger charge is -2.22. The van der Waals surface area contributed by atoms with Gasteiger partial charge in [0.2, 0.25) is 0 Å². The Morgan fingerprint density at radius 2 is 1.95 bits per heavy atom. The van der Waals surface area contributed by atoms with Gasteiger partial charge in [0, 0.05) is 17.4 Å². The SMILES string of the molecule is CC(C)(CCN)C(=O)c1ccc2c(c1)OCCCO2. The highest BCUT2D eigenvalue weighted by Crippen LogP contribution is 2.33. The van der Waals surface area contributed by atoms with Crippen molar-refractivity contribution in [2.45, 2.75) is 26.7 Å². The smallest absolute Gasteiger partial charge is 0.168 e. The third-order valence-electron chi connectivity index (χ3n) is 3.39. The average molecular weight is 263 g/mol. The van der Waals surface area contributed by atoms with E-state index < -0.39 is 5.41 Å². The first-order chi connectivity index (χ1) is 9.04. The Bertz CT molecular complexity index is 468. The summed E-state index contributed by atoms with van der Waals surface area (Å²) in [6.07, 6.45) is 1.52. The van der Waals surface area contributed by atoms with Crippen LogP contribution in [0, 0.1) is 5.41 Å². The molecule has 1 heterocycles. The number of fused-ring (bicyclic) bond motifs is 1. The number of hydrogen-bond donors (Lipinski definition) is 1. The van der Waals surface area contributed by atoms with Crippen LogP contribution >= 0.6 is 0 Å². The van der Waals surface area contributed by atoms with Gasteiger partial charge in [-0.25, -0.2) is 0 Å². The van der Waals surface area contributed by atoms with Crippen LogP contribution in [0.25, 0.3) is 0 Å². The van der Waals surface area contributed by atoms with Crippen LogP contribution in [0.15, 0.2) is 18.2 Å². The molecule has 0 aromatic heterocycles. The first kappa shape index (κ1) is 13.9. The molecule has 1 aliphatic rings. The van der Waals surface area contributed by atoms with E-state index in [0.29, 0.717) is 43.2 Å². The van der Waals surface area contributed by atoms with Gasteiger partial charge in [0.25, 0.3) is 0 Å². The van der Waals surface area contributed by atoms with Crippen molar-refractivity contribution in [3.63, 3.8) is 0 Å². The fourth-order valence-corrected chi connectivity index (χ4v) is 2.17. The molecule has 19 heavy (non-hydrogen) atoms. The predicted octanol–water partition coefficient (Wildman–Crippen LogP) is 2.41. The van der Waals surface area contributed by atoms with Crippen LogP contribution in [0.1, 0.15) is 37.0 Å².